The highest BCUT2D eigenvalue weighted by atomic mass is 32.2. The van der Waals surface area contributed by atoms with Gasteiger partial charge in [-0.2, -0.15) is 0 Å². The fourth-order valence-corrected chi connectivity index (χ4v) is 4.27. The minimum Gasteiger partial charge on any atom is -0.394 e. The first kappa shape index (κ1) is 15.7. The van der Waals surface area contributed by atoms with E-state index in [4.69, 9.17) is 0 Å². The van der Waals surface area contributed by atoms with E-state index in [1.54, 1.807) is 20.8 Å². The Labute approximate surface area is 109 Å². The average Bonchev–Trinajstić information content (AvgIpc) is 2.26. The van der Waals surface area contributed by atoms with Crippen LogP contribution in [-0.2, 0) is 14.3 Å². The summed E-state index contributed by atoms with van der Waals surface area (Å²) in [6.45, 7) is 4.96. The zero-order valence-corrected chi connectivity index (χ0v) is 12.3. The first-order valence-electron chi connectivity index (χ1n) is 6.22. The Morgan fingerprint density at radius 2 is 1.83 bits per heavy atom. The Morgan fingerprint density at radius 3 is 2.17 bits per heavy atom. The van der Waals surface area contributed by atoms with Gasteiger partial charge in [0.05, 0.1) is 18.1 Å². The maximum atomic E-state index is 12.6. The topological polar surface area (TPSA) is 74.6 Å². The molecule has 0 bridgehead atoms. The van der Waals surface area contributed by atoms with Gasteiger partial charge in [-0.3, -0.25) is 9.00 Å². The second kappa shape index (κ2) is 4.94. The Bertz CT molecular complexity index is 403. The van der Waals surface area contributed by atoms with Crippen LogP contribution in [0.2, 0.25) is 0 Å². The first-order chi connectivity index (χ1) is 8.05. The van der Waals surface area contributed by atoms with E-state index in [0.717, 1.165) is 0 Å². The summed E-state index contributed by atoms with van der Waals surface area (Å²) < 4.78 is 11.9. The largest absolute Gasteiger partial charge is 0.394 e. The molecule has 0 saturated carbocycles. The number of Topliss-reactive ketones (excluding diaryl/α,β-unsaturated/α-hetero) is 1. The van der Waals surface area contributed by atoms with Crippen molar-refractivity contribution in [1.82, 2.24) is 0 Å². The third kappa shape index (κ3) is 2.95. The lowest BCUT2D eigenvalue weighted by Crippen LogP contribution is -2.53. The van der Waals surface area contributed by atoms with Crippen LogP contribution in [0.15, 0.2) is 0 Å². The quantitative estimate of drug-likeness (QED) is 0.734. The van der Waals surface area contributed by atoms with Gasteiger partial charge in [0.15, 0.2) is 0 Å². The molecule has 1 atom stereocenters. The van der Waals surface area contributed by atoms with E-state index in [1.807, 2.05) is 0 Å². The Kier molecular flexibility index (Phi) is 4.30. The summed E-state index contributed by atoms with van der Waals surface area (Å²) >= 11 is 0. The summed E-state index contributed by atoms with van der Waals surface area (Å²) in [4.78, 5) is 12.6. The molecule has 106 valence electrons. The van der Waals surface area contributed by atoms with Crippen molar-refractivity contribution in [1.29, 1.82) is 0 Å². The molecule has 1 aliphatic heterocycles. The number of hydrogen-bond acceptors (Lipinski definition) is 4. The number of aliphatic hydroxyl groups is 2. The van der Waals surface area contributed by atoms with Crippen LogP contribution in [0, 0.1) is 10.8 Å². The molecule has 1 saturated heterocycles. The molecule has 0 aliphatic carbocycles. The molecule has 0 aromatic heterocycles. The van der Waals surface area contributed by atoms with Crippen molar-refractivity contribution in [3.05, 3.63) is 0 Å². The van der Waals surface area contributed by atoms with Crippen LogP contribution in [0.1, 0.15) is 33.6 Å². The SMILES string of the molecule is C=S1(=O)CCC(C(=O)C(C)(C)C)(C(O)CO)CC1. The molecule has 0 aromatic carbocycles. The number of ketones is 1. The Hall–Kier alpha value is -0.390. The van der Waals surface area contributed by atoms with Gasteiger partial charge in [0.1, 0.15) is 5.78 Å². The minimum atomic E-state index is -2.12. The summed E-state index contributed by atoms with van der Waals surface area (Å²) in [5.74, 6) is 4.29. The number of hydrogen-bond donors (Lipinski definition) is 2. The van der Waals surface area contributed by atoms with Crippen LogP contribution in [0.5, 0.6) is 0 Å². The predicted molar refractivity (Wildman–Crippen MR) is 74.2 cm³/mol. The van der Waals surface area contributed by atoms with Crippen molar-refractivity contribution in [3.8, 4) is 0 Å². The molecule has 0 spiro atoms. The summed E-state index contributed by atoms with van der Waals surface area (Å²) in [6, 6.07) is 0. The van der Waals surface area contributed by atoms with Gasteiger partial charge in [-0.25, -0.2) is 0 Å². The average molecular weight is 276 g/mol. The lowest BCUT2D eigenvalue weighted by Gasteiger charge is -2.43. The normalized spacial score (nSPS) is 35.2. The Morgan fingerprint density at radius 1 is 1.39 bits per heavy atom. The van der Waals surface area contributed by atoms with Gasteiger partial charge in [0.2, 0.25) is 0 Å². The summed E-state index contributed by atoms with van der Waals surface area (Å²) in [7, 11) is -2.12. The molecule has 0 amide bonds. The molecule has 1 fully saturated rings. The summed E-state index contributed by atoms with van der Waals surface area (Å²) in [5, 5.41) is 19.3. The Balaban J connectivity index is 3.11. The van der Waals surface area contributed by atoms with Crippen LogP contribution in [0.4, 0.5) is 0 Å². The predicted octanol–water partition coefficient (Wildman–Crippen LogP) is 0.451. The second-order valence-electron chi connectivity index (χ2n) is 6.31. The zero-order chi connectivity index (χ0) is 14.2. The number of aliphatic hydroxyl groups excluding tert-OH is 2. The van der Waals surface area contributed by atoms with Gasteiger partial charge in [0, 0.05) is 16.9 Å². The monoisotopic (exact) mass is 276 g/mol. The van der Waals surface area contributed by atoms with Gasteiger partial charge in [0.25, 0.3) is 0 Å². The molecule has 1 rings (SSSR count). The van der Waals surface area contributed by atoms with Crippen molar-refractivity contribution in [3.63, 3.8) is 0 Å². The van der Waals surface area contributed by atoms with Crippen molar-refractivity contribution in [2.45, 2.75) is 39.7 Å². The standard InChI is InChI=1S/C13H24O4S/c1-12(2,3)11(16)13(10(15)9-14)5-7-18(4,17)8-6-13/h10,14-15H,4-9H2,1-3H3. The molecule has 1 heterocycles. The van der Waals surface area contributed by atoms with Crippen LogP contribution in [-0.4, -0.2) is 50.3 Å². The highest BCUT2D eigenvalue weighted by molar-refractivity contribution is 8.00. The number of rotatable bonds is 3. The second-order valence-corrected chi connectivity index (χ2v) is 9.06. The van der Waals surface area contributed by atoms with E-state index in [9.17, 15) is 19.2 Å². The van der Waals surface area contributed by atoms with Gasteiger partial charge in [-0.15, -0.1) is 0 Å². The molecule has 1 aliphatic rings. The summed E-state index contributed by atoms with van der Waals surface area (Å²) in [6.07, 6.45) is -0.403. The molecule has 4 nitrogen and oxygen atoms in total. The van der Waals surface area contributed by atoms with E-state index in [0.29, 0.717) is 24.3 Å². The maximum Gasteiger partial charge on any atom is 0.147 e. The van der Waals surface area contributed by atoms with Crippen LogP contribution < -0.4 is 0 Å². The lowest BCUT2D eigenvalue weighted by atomic mass is 9.66. The smallest absolute Gasteiger partial charge is 0.147 e. The molecule has 0 aromatic rings. The van der Waals surface area contributed by atoms with Gasteiger partial charge in [-0.1, -0.05) is 20.8 Å². The summed E-state index contributed by atoms with van der Waals surface area (Å²) in [5.41, 5.74) is -1.55. The lowest BCUT2D eigenvalue weighted by molar-refractivity contribution is -0.147. The molecule has 18 heavy (non-hydrogen) atoms. The van der Waals surface area contributed by atoms with Crippen LogP contribution in [0.3, 0.4) is 0 Å². The van der Waals surface area contributed by atoms with E-state index in [2.05, 4.69) is 5.87 Å². The van der Waals surface area contributed by atoms with Crippen molar-refractivity contribution in [2.24, 2.45) is 10.8 Å². The highest BCUT2D eigenvalue weighted by Crippen LogP contribution is 2.42. The first-order valence-corrected chi connectivity index (χ1v) is 8.28. The molecule has 2 N–H and O–H groups in total. The molecule has 0 radical (unpaired) electrons. The number of carbonyl (C=O) groups is 1. The molecular formula is C13H24O4S. The highest BCUT2D eigenvalue weighted by Gasteiger charge is 2.50. The van der Waals surface area contributed by atoms with Crippen molar-refractivity contribution in [2.75, 3.05) is 18.1 Å². The van der Waals surface area contributed by atoms with Crippen molar-refractivity contribution >= 4 is 21.2 Å². The van der Waals surface area contributed by atoms with E-state index in [-0.39, 0.29) is 5.78 Å². The molecule has 1 unspecified atom stereocenters. The molecule has 5 heteroatoms. The van der Waals surface area contributed by atoms with E-state index in [1.165, 1.54) is 0 Å². The van der Waals surface area contributed by atoms with Gasteiger partial charge >= 0.3 is 0 Å². The fourth-order valence-electron chi connectivity index (χ4n) is 2.60. The van der Waals surface area contributed by atoms with E-state index >= 15 is 0 Å². The van der Waals surface area contributed by atoms with Crippen LogP contribution >= 0.6 is 0 Å². The van der Waals surface area contributed by atoms with E-state index < -0.39 is 33.1 Å². The maximum absolute atomic E-state index is 12.6. The third-order valence-corrected chi connectivity index (χ3v) is 5.68. The van der Waals surface area contributed by atoms with Crippen molar-refractivity contribution < 1.29 is 19.2 Å². The number of carbonyl (C=O) groups excluding carboxylic acids is 1. The third-order valence-electron chi connectivity index (χ3n) is 3.78. The van der Waals surface area contributed by atoms with Gasteiger partial charge < -0.3 is 10.2 Å². The molecular weight excluding hydrogens is 252 g/mol. The fraction of sp³-hybridized carbons (Fsp3) is 0.846. The zero-order valence-electron chi connectivity index (χ0n) is 11.4. The van der Waals surface area contributed by atoms with Gasteiger partial charge in [-0.05, 0) is 28.2 Å². The minimum absolute atomic E-state index is 0.0635. The van der Waals surface area contributed by atoms with Crippen LogP contribution in [0.25, 0.3) is 0 Å².